The average molecular weight is 437 g/mol. The molecule has 1 aromatic carbocycles. The van der Waals surface area contributed by atoms with Crippen molar-refractivity contribution < 1.29 is 9.59 Å². The van der Waals surface area contributed by atoms with E-state index in [1.54, 1.807) is 0 Å². The summed E-state index contributed by atoms with van der Waals surface area (Å²) in [4.78, 5) is 31.4. The molecule has 2 heterocycles. The van der Waals surface area contributed by atoms with Gasteiger partial charge in [-0.3, -0.25) is 19.4 Å². The quantitative estimate of drug-likeness (QED) is 0.769. The molecule has 2 fully saturated rings. The molecular weight excluding hydrogens is 408 g/mol. The molecule has 0 aromatic heterocycles. The first-order chi connectivity index (χ1) is 13.0. The Balaban J connectivity index is 1.43. The fourth-order valence-corrected chi connectivity index (χ4v) is 4.12. The van der Waals surface area contributed by atoms with Crippen molar-refractivity contribution in [2.45, 2.75) is 32.2 Å². The lowest BCUT2D eigenvalue weighted by Crippen LogP contribution is -2.54. The van der Waals surface area contributed by atoms with Crippen LogP contribution in [-0.2, 0) is 9.59 Å². The summed E-state index contributed by atoms with van der Waals surface area (Å²) in [6.45, 7) is 7.54. The number of nitrogens with zero attached hydrogens (tertiary/aromatic N) is 3. The fraction of sp³-hybridized carbons (Fsp3) is 0.600. The summed E-state index contributed by atoms with van der Waals surface area (Å²) in [5, 5.41) is 2.98. The molecule has 2 aliphatic rings. The third-order valence-electron chi connectivity index (χ3n) is 5.49. The molecule has 1 aromatic rings. The fourth-order valence-electron chi connectivity index (χ4n) is 3.72. The van der Waals surface area contributed by atoms with Crippen LogP contribution >= 0.6 is 15.9 Å². The van der Waals surface area contributed by atoms with Gasteiger partial charge in [0.2, 0.25) is 11.8 Å². The number of benzene rings is 1. The van der Waals surface area contributed by atoms with Crippen LogP contribution in [0.3, 0.4) is 0 Å². The molecule has 1 N–H and O–H groups in total. The molecule has 2 saturated heterocycles. The van der Waals surface area contributed by atoms with Crippen molar-refractivity contribution >= 4 is 33.4 Å². The summed E-state index contributed by atoms with van der Waals surface area (Å²) in [5.41, 5.74) is 0.798. The van der Waals surface area contributed by atoms with E-state index in [1.165, 1.54) is 6.42 Å². The summed E-state index contributed by atoms with van der Waals surface area (Å²) >= 11 is 3.42. The molecule has 0 saturated carbocycles. The number of piperazine rings is 1. The molecule has 6 nitrogen and oxygen atoms in total. The first kappa shape index (κ1) is 20.3. The lowest BCUT2D eigenvalue weighted by atomic mass is 10.1. The molecule has 148 valence electrons. The lowest BCUT2D eigenvalue weighted by Gasteiger charge is -2.38. The van der Waals surface area contributed by atoms with Crippen molar-refractivity contribution in [3.05, 3.63) is 28.7 Å². The number of rotatable bonds is 5. The van der Waals surface area contributed by atoms with Crippen LogP contribution in [-0.4, -0.2) is 78.4 Å². The van der Waals surface area contributed by atoms with Crippen molar-refractivity contribution in [3.63, 3.8) is 0 Å². The minimum atomic E-state index is -0.191. The maximum atomic E-state index is 12.5. The van der Waals surface area contributed by atoms with E-state index in [-0.39, 0.29) is 17.9 Å². The smallest absolute Gasteiger partial charge is 0.241 e. The van der Waals surface area contributed by atoms with Gasteiger partial charge < -0.3 is 10.2 Å². The van der Waals surface area contributed by atoms with Crippen LogP contribution < -0.4 is 5.32 Å². The zero-order valence-corrected chi connectivity index (χ0v) is 17.6. The Morgan fingerprint density at radius 1 is 1.07 bits per heavy atom. The highest BCUT2D eigenvalue weighted by Gasteiger charge is 2.27. The topological polar surface area (TPSA) is 55.9 Å². The summed E-state index contributed by atoms with van der Waals surface area (Å²) in [6, 6.07) is 7.43. The van der Waals surface area contributed by atoms with Crippen LogP contribution in [0.15, 0.2) is 28.7 Å². The van der Waals surface area contributed by atoms with E-state index in [2.05, 4.69) is 31.0 Å². The number of nitrogens with one attached hydrogen (secondary N) is 1. The zero-order chi connectivity index (χ0) is 19.2. The summed E-state index contributed by atoms with van der Waals surface area (Å²) < 4.78 is 0.944. The van der Waals surface area contributed by atoms with Crippen LogP contribution in [0, 0.1) is 0 Å². The van der Waals surface area contributed by atoms with Crippen LogP contribution in [0.2, 0.25) is 0 Å². The highest BCUT2D eigenvalue weighted by molar-refractivity contribution is 9.10. The number of likely N-dealkylation sites (tertiary alicyclic amines) is 1. The number of anilines is 1. The highest BCUT2D eigenvalue weighted by atomic mass is 79.9. The molecule has 0 radical (unpaired) electrons. The minimum Gasteiger partial charge on any atom is -0.342 e. The van der Waals surface area contributed by atoms with Crippen LogP contribution in [0.5, 0.6) is 0 Å². The molecule has 1 atom stereocenters. The number of carbonyl (C=O) groups excluding carboxylic acids is 2. The van der Waals surface area contributed by atoms with Crippen molar-refractivity contribution in [3.8, 4) is 0 Å². The van der Waals surface area contributed by atoms with Crippen molar-refractivity contribution in [2.75, 3.05) is 51.1 Å². The average Bonchev–Trinajstić information content (AvgIpc) is 2.68. The maximum absolute atomic E-state index is 12.5. The lowest BCUT2D eigenvalue weighted by molar-refractivity contribution is -0.134. The monoisotopic (exact) mass is 436 g/mol. The second kappa shape index (κ2) is 9.66. The summed E-state index contributed by atoms with van der Waals surface area (Å²) in [5.74, 6) is 0.259. The first-order valence-corrected chi connectivity index (χ1v) is 10.6. The molecule has 27 heavy (non-hydrogen) atoms. The second-order valence-electron chi connectivity index (χ2n) is 7.43. The van der Waals surface area contributed by atoms with E-state index in [0.29, 0.717) is 6.54 Å². The van der Waals surface area contributed by atoms with Crippen molar-refractivity contribution in [1.82, 2.24) is 14.7 Å². The van der Waals surface area contributed by atoms with Gasteiger partial charge in [0.1, 0.15) is 0 Å². The van der Waals surface area contributed by atoms with Gasteiger partial charge in [-0.25, -0.2) is 0 Å². The number of halogens is 1. The van der Waals surface area contributed by atoms with Crippen molar-refractivity contribution in [1.29, 1.82) is 0 Å². The van der Waals surface area contributed by atoms with Gasteiger partial charge in [-0.05, 0) is 44.4 Å². The van der Waals surface area contributed by atoms with E-state index >= 15 is 0 Å². The number of hydrogen-bond donors (Lipinski definition) is 1. The molecule has 3 rings (SSSR count). The highest BCUT2D eigenvalue weighted by Crippen LogP contribution is 2.17. The third-order valence-corrected chi connectivity index (χ3v) is 5.99. The van der Waals surface area contributed by atoms with Gasteiger partial charge in [0.15, 0.2) is 0 Å². The minimum absolute atomic E-state index is 0.00550. The Hall–Kier alpha value is -1.44. The first-order valence-electron chi connectivity index (χ1n) is 9.83. The van der Waals surface area contributed by atoms with Gasteiger partial charge in [0, 0.05) is 49.4 Å². The Bertz CT molecular complexity index is 655. The van der Waals surface area contributed by atoms with E-state index < -0.39 is 0 Å². The van der Waals surface area contributed by atoms with Crippen LogP contribution in [0.4, 0.5) is 5.69 Å². The number of amides is 2. The third kappa shape index (κ3) is 5.77. The van der Waals surface area contributed by atoms with Crippen LogP contribution in [0.1, 0.15) is 26.2 Å². The molecule has 0 bridgehead atoms. The number of piperidine rings is 1. The Morgan fingerprint density at radius 3 is 2.44 bits per heavy atom. The predicted octanol–water partition coefficient (Wildman–Crippen LogP) is 2.41. The van der Waals surface area contributed by atoms with Crippen molar-refractivity contribution in [2.24, 2.45) is 0 Å². The molecular formula is C20H29BrN4O2. The Labute approximate surface area is 170 Å². The van der Waals surface area contributed by atoms with Crippen LogP contribution in [0.25, 0.3) is 0 Å². The summed E-state index contributed by atoms with van der Waals surface area (Å²) in [6.07, 6.45) is 3.50. The number of carbonyl (C=O) groups is 2. The van der Waals surface area contributed by atoms with E-state index in [1.807, 2.05) is 36.1 Å². The molecule has 2 aliphatic heterocycles. The molecule has 2 amide bonds. The predicted molar refractivity (Wildman–Crippen MR) is 111 cm³/mol. The SMILES string of the molecule is C[C@H](C(=O)Nc1cccc(Br)c1)N1CCN(CC(=O)N2CCCCC2)CC1. The Morgan fingerprint density at radius 2 is 1.78 bits per heavy atom. The standard InChI is InChI=1S/C20H29BrN4O2/c1-16(20(27)22-18-7-5-6-17(21)14-18)24-12-10-23(11-13-24)15-19(26)25-8-3-2-4-9-25/h5-7,14,16H,2-4,8-13,15H2,1H3,(H,22,27)/t16-/m1/s1. The van der Waals surface area contributed by atoms with E-state index in [4.69, 9.17) is 0 Å². The van der Waals surface area contributed by atoms with Gasteiger partial charge in [0.25, 0.3) is 0 Å². The largest absolute Gasteiger partial charge is 0.342 e. The van der Waals surface area contributed by atoms with Gasteiger partial charge in [-0.1, -0.05) is 22.0 Å². The molecule has 0 spiro atoms. The van der Waals surface area contributed by atoms with E-state index in [0.717, 1.165) is 62.3 Å². The molecule has 0 aliphatic carbocycles. The maximum Gasteiger partial charge on any atom is 0.241 e. The van der Waals surface area contributed by atoms with Gasteiger partial charge in [-0.15, -0.1) is 0 Å². The Kier molecular flexibility index (Phi) is 7.26. The summed E-state index contributed by atoms with van der Waals surface area (Å²) in [7, 11) is 0. The number of hydrogen-bond acceptors (Lipinski definition) is 4. The van der Waals surface area contributed by atoms with Gasteiger partial charge in [0.05, 0.1) is 12.6 Å². The second-order valence-corrected chi connectivity index (χ2v) is 8.34. The molecule has 7 heteroatoms. The van der Waals surface area contributed by atoms with Gasteiger partial charge >= 0.3 is 0 Å². The molecule has 0 unspecified atom stereocenters. The zero-order valence-electron chi connectivity index (χ0n) is 16.0. The van der Waals surface area contributed by atoms with E-state index in [9.17, 15) is 9.59 Å². The normalized spacial score (nSPS) is 20.3. The van der Waals surface area contributed by atoms with Gasteiger partial charge in [-0.2, -0.15) is 0 Å².